The number of rotatable bonds is 4. The van der Waals surface area contributed by atoms with Crippen LogP contribution in [0.25, 0.3) is 5.69 Å². The molecule has 3 aromatic rings. The van der Waals surface area contributed by atoms with Crippen LogP contribution in [0.3, 0.4) is 0 Å². The van der Waals surface area contributed by atoms with Gasteiger partial charge in [0.05, 0.1) is 12.1 Å². The van der Waals surface area contributed by atoms with Gasteiger partial charge in [-0.2, -0.15) is 5.10 Å². The van der Waals surface area contributed by atoms with Crippen molar-refractivity contribution < 1.29 is 4.79 Å². The highest BCUT2D eigenvalue weighted by Crippen LogP contribution is 2.25. The minimum atomic E-state index is -0.0115. The number of carbonyl (C=O) groups excluding carboxylic acids is 1. The van der Waals surface area contributed by atoms with Crippen molar-refractivity contribution in [3.05, 3.63) is 72.1 Å². The van der Waals surface area contributed by atoms with Crippen molar-refractivity contribution in [1.82, 2.24) is 9.78 Å². The maximum Gasteiger partial charge on any atom is 0.228 e. The number of hydrogen-bond donors (Lipinski definition) is 2. The summed E-state index contributed by atoms with van der Waals surface area (Å²) < 4.78 is 1.80. The molecule has 1 aliphatic rings. The maximum atomic E-state index is 12.3. The van der Waals surface area contributed by atoms with E-state index in [1.54, 1.807) is 10.9 Å². The van der Waals surface area contributed by atoms with Crippen LogP contribution in [0.2, 0.25) is 0 Å². The van der Waals surface area contributed by atoms with E-state index in [1.165, 1.54) is 5.56 Å². The van der Waals surface area contributed by atoms with Gasteiger partial charge in [0.2, 0.25) is 5.91 Å². The number of carbonyl (C=O) groups is 1. The Labute approximate surface area is 146 Å². The smallest absolute Gasteiger partial charge is 0.228 e. The Hall–Kier alpha value is -3.08. The Morgan fingerprint density at radius 3 is 2.88 bits per heavy atom. The Bertz CT molecular complexity index is 869. The number of anilines is 2. The molecular formula is C20H20N4O. The highest BCUT2D eigenvalue weighted by atomic mass is 16.1. The van der Waals surface area contributed by atoms with Gasteiger partial charge < -0.3 is 10.6 Å². The van der Waals surface area contributed by atoms with Crippen molar-refractivity contribution >= 4 is 17.3 Å². The quantitative estimate of drug-likeness (QED) is 0.770. The lowest BCUT2D eigenvalue weighted by atomic mass is 10.0. The predicted octanol–water partition coefficient (Wildman–Crippen LogP) is 3.41. The largest absolute Gasteiger partial charge is 0.385 e. The highest BCUT2D eigenvalue weighted by Gasteiger charge is 2.10. The predicted molar refractivity (Wildman–Crippen MR) is 99.2 cm³/mol. The van der Waals surface area contributed by atoms with Crippen LogP contribution in [0.1, 0.15) is 17.5 Å². The molecule has 4 rings (SSSR count). The first-order valence-electron chi connectivity index (χ1n) is 8.53. The summed E-state index contributed by atoms with van der Waals surface area (Å²) in [5, 5.41) is 10.6. The zero-order chi connectivity index (χ0) is 17.1. The van der Waals surface area contributed by atoms with Gasteiger partial charge in [0, 0.05) is 30.3 Å². The molecule has 0 saturated carbocycles. The van der Waals surface area contributed by atoms with E-state index < -0.39 is 0 Å². The van der Waals surface area contributed by atoms with Crippen molar-refractivity contribution in [1.29, 1.82) is 0 Å². The first-order valence-corrected chi connectivity index (χ1v) is 8.53. The van der Waals surface area contributed by atoms with Gasteiger partial charge in [-0.1, -0.05) is 18.2 Å². The van der Waals surface area contributed by atoms with E-state index in [-0.39, 0.29) is 5.91 Å². The molecule has 2 heterocycles. The van der Waals surface area contributed by atoms with Crippen LogP contribution in [-0.2, 0) is 17.6 Å². The molecule has 5 heteroatoms. The number of aryl methyl sites for hydroxylation is 1. The van der Waals surface area contributed by atoms with Crippen LogP contribution in [0, 0.1) is 0 Å². The molecule has 2 aromatic carbocycles. The molecule has 0 unspecified atom stereocenters. The summed E-state index contributed by atoms with van der Waals surface area (Å²) in [5.74, 6) is -0.0115. The second kappa shape index (κ2) is 6.81. The van der Waals surface area contributed by atoms with Crippen LogP contribution in [0.15, 0.2) is 60.9 Å². The van der Waals surface area contributed by atoms with Crippen molar-refractivity contribution in [3.8, 4) is 5.69 Å². The maximum absolute atomic E-state index is 12.3. The van der Waals surface area contributed by atoms with Gasteiger partial charge in [-0.25, -0.2) is 4.68 Å². The third-order valence-electron chi connectivity index (χ3n) is 4.40. The molecule has 0 atom stereocenters. The van der Waals surface area contributed by atoms with E-state index in [9.17, 15) is 4.79 Å². The lowest BCUT2D eigenvalue weighted by Gasteiger charge is -2.18. The third kappa shape index (κ3) is 3.55. The van der Waals surface area contributed by atoms with Gasteiger partial charge in [0.15, 0.2) is 0 Å². The Kier molecular flexibility index (Phi) is 4.21. The molecule has 0 fully saturated rings. The fraction of sp³-hybridized carbons (Fsp3) is 0.200. The monoisotopic (exact) mass is 332 g/mol. The molecule has 126 valence electrons. The van der Waals surface area contributed by atoms with Crippen LogP contribution in [0.5, 0.6) is 0 Å². The summed E-state index contributed by atoms with van der Waals surface area (Å²) in [6.07, 6.45) is 6.25. The summed E-state index contributed by atoms with van der Waals surface area (Å²) in [7, 11) is 0. The molecule has 2 N–H and O–H groups in total. The standard InChI is InChI=1S/C20H20N4O/c25-20(23-17-7-6-16-3-1-10-21-19(16)14-17)13-15-4-8-18(9-5-15)24-12-2-11-22-24/h2,4-9,11-12,14,21H,1,3,10,13H2,(H,23,25). The average molecular weight is 332 g/mol. The van der Waals surface area contributed by atoms with Gasteiger partial charge in [0.1, 0.15) is 0 Å². The third-order valence-corrected chi connectivity index (χ3v) is 4.40. The highest BCUT2D eigenvalue weighted by molar-refractivity contribution is 5.92. The minimum absolute atomic E-state index is 0.0115. The number of fused-ring (bicyclic) bond motifs is 1. The Morgan fingerprint density at radius 2 is 2.08 bits per heavy atom. The van der Waals surface area contributed by atoms with Crippen molar-refractivity contribution in [2.75, 3.05) is 17.2 Å². The van der Waals surface area contributed by atoms with Gasteiger partial charge in [-0.15, -0.1) is 0 Å². The second-order valence-corrected chi connectivity index (χ2v) is 6.24. The fourth-order valence-corrected chi connectivity index (χ4v) is 3.12. The van der Waals surface area contributed by atoms with Gasteiger partial charge in [-0.05, 0) is 54.3 Å². The minimum Gasteiger partial charge on any atom is -0.385 e. The van der Waals surface area contributed by atoms with Crippen LogP contribution < -0.4 is 10.6 Å². The number of amides is 1. The second-order valence-electron chi connectivity index (χ2n) is 6.24. The molecule has 25 heavy (non-hydrogen) atoms. The van der Waals surface area contributed by atoms with E-state index in [2.05, 4.69) is 21.8 Å². The van der Waals surface area contributed by atoms with Crippen molar-refractivity contribution in [3.63, 3.8) is 0 Å². The molecule has 0 aliphatic carbocycles. The van der Waals surface area contributed by atoms with E-state index >= 15 is 0 Å². The van der Waals surface area contributed by atoms with Gasteiger partial charge >= 0.3 is 0 Å². The Morgan fingerprint density at radius 1 is 1.20 bits per heavy atom. The molecule has 1 aromatic heterocycles. The fourth-order valence-electron chi connectivity index (χ4n) is 3.12. The number of hydrogen-bond acceptors (Lipinski definition) is 3. The van der Waals surface area contributed by atoms with E-state index in [0.29, 0.717) is 6.42 Å². The molecule has 0 saturated heterocycles. The van der Waals surface area contributed by atoms with E-state index in [4.69, 9.17) is 0 Å². The summed E-state index contributed by atoms with van der Waals surface area (Å²) in [5.41, 5.74) is 5.25. The lowest BCUT2D eigenvalue weighted by Crippen LogP contribution is -2.16. The average Bonchev–Trinajstić information content (AvgIpc) is 3.17. The first-order chi connectivity index (χ1) is 12.3. The topological polar surface area (TPSA) is 59.0 Å². The molecular weight excluding hydrogens is 312 g/mol. The normalized spacial score (nSPS) is 13.0. The van der Waals surface area contributed by atoms with E-state index in [0.717, 1.165) is 42.0 Å². The lowest BCUT2D eigenvalue weighted by molar-refractivity contribution is -0.115. The zero-order valence-electron chi connectivity index (χ0n) is 13.9. The summed E-state index contributed by atoms with van der Waals surface area (Å²) in [4.78, 5) is 12.3. The van der Waals surface area contributed by atoms with Crippen LogP contribution >= 0.6 is 0 Å². The van der Waals surface area contributed by atoms with Crippen molar-refractivity contribution in [2.45, 2.75) is 19.3 Å². The summed E-state index contributed by atoms with van der Waals surface area (Å²) >= 11 is 0. The van der Waals surface area contributed by atoms with Crippen LogP contribution in [0.4, 0.5) is 11.4 Å². The van der Waals surface area contributed by atoms with E-state index in [1.807, 2.05) is 48.7 Å². The Balaban J connectivity index is 1.40. The number of benzene rings is 2. The van der Waals surface area contributed by atoms with Crippen LogP contribution in [-0.4, -0.2) is 22.2 Å². The molecule has 0 bridgehead atoms. The SMILES string of the molecule is O=C(Cc1ccc(-n2cccn2)cc1)Nc1ccc2c(c1)NCCC2. The number of nitrogens with one attached hydrogen (secondary N) is 2. The van der Waals surface area contributed by atoms with Crippen molar-refractivity contribution in [2.24, 2.45) is 0 Å². The summed E-state index contributed by atoms with van der Waals surface area (Å²) in [6, 6.07) is 15.8. The number of nitrogens with zero attached hydrogens (tertiary/aromatic N) is 2. The number of aromatic nitrogens is 2. The van der Waals surface area contributed by atoms with Gasteiger partial charge in [0.25, 0.3) is 0 Å². The summed E-state index contributed by atoms with van der Waals surface area (Å²) in [6.45, 7) is 0.993. The van der Waals surface area contributed by atoms with Gasteiger partial charge in [-0.3, -0.25) is 4.79 Å². The molecule has 5 nitrogen and oxygen atoms in total. The zero-order valence-corrected chi connectivity index (χ0v) is 13.9. The molecule has 0 spiro atoms. The molecule has 1 amide bonds. The first kappa shape index (κ1) is 15.4. The molecule has 1 aliphatic heterocycles. The molecule has 0 radical (unpaired) electrons.